The first-order valence-electron chi connectivity index (χ1n) is 9.07. The first-order valence-corrected chi connectivity index (χ1v) is 9.07. The third-order valence-corrected chi connectivity index (χ3v) is 4.68. The van der Waals surface area contributed by atoms with Gasteiger partial charge >= 0.3 is 0 Å². The van der Waals surface area contributed by atoms with Crippen molar-refractivity contribution in [3.8, 4) is 11.3 Å². The van der Waals surface area contributed by atoms with Gasteiger partial charge in [-0.05, 0) is 25.1 Å². The maximum atomic E-state index is 13.1. The molecule has 0 aliphatic carbocycles. The van der Waals surface area contributed by atoms with E-state index in [0.717, 1.165) is 26.9 Å². The van der Waals surface area contributed by atoms with Gasteiger partial charge in [0, 0.05) is 23.1 Å². The minimum Gasteiger partial charge on any atom is -0.618 e. The lowest BCUT2D eigenvalue weighted by Crippen LogP contribution is -2.38. The highest BCUT2D eigenvalue weighted by Crippen LogP contribution is 2.25. The molecule has 2 heterocycles. The Bertz CT molecular complexity index is 1140. The molecule has 0 aliphatic rings. The van der Waals surface area contributed by atoms with Gasteiger partial charge in [-0.2, -0.15) is 4.73 Å². The Morgan fingerprint density at radius 2 is 1.71 bits per heavy atom. The summed E-state index contributed by atoms with van der Waals surface area (Å²) in [6, 6.07) is 23.8. The molecule has 0 aliphatic heterocycles. The third kappa shape index (κ3) is 3.42. The van der Waals surface area contributed by atoms with Crippen molar-refractivity contribution in [1.29, 1.82) is 0 Å². The van der Waals surface area contributed by atoms with Crippen LogP contribution in [0.15, 0.2) is 85.1 Å². The van der Waals surface area contributed by atoms with Crippen LogP contribution in [0, 0.1) is 5.21 Å². The van der Waals surface area contributed by atoms with E-state index in [1.807, 2.05) is 54.6 Å². The van der Waals surface area contributed by atoms with Crippen molar-refractivity contribution in [3.63, 3.8) is 0 Å². The predicted molar refractivity (Wildman–Crippen MR) is 108 cm³/mol. The summed E-state index contributed by atoms with van der Waals surface area (Å²) in [6.07, 6.45) is 1.42. The van der Waals surface area contributed by atoms with E-state index in [1.165, 1.54) is 6.20 Å². The minimum atomic E-state index is -0.432. The molecule has 28 heavy (non-hydrogen) atoms. The van der Waals surface area contributed by atoms with Crippen molar-refractivity contribution in [2.24, 2.45) is 0 Å². The van der Waals surface area contributed by atoms with Crippen LogP contribution in [0.2, 0.25) is 0 Å². The van der Waals surface area contributed by atoms with Gasteiger partial charge in [-0.1, -0.05) is 48.5 Å². The topological polar surface area (TPSA) is 68.9 Å². The summed E-state index contributed by atoms with van der Waals surface area (Å²) in [7, 11) is 0. The van der Waals surface area contributed by atoms with E-state index in [2.05, 4.69) is 5.32 Å². The molecule has 0 saturated carbocycles. The van der Waals surface area contributed by atoms with Crippen molar-refractivity contribution in [2.75, 3.05) is 0 Å². The molecule has 1 amide bonds. The molecule has 0 radical (unpaired) electrons. The Hall–Kier alpha value is -3.73. The lowest BCUT2D eigenvalue weighted by Gasteiger charge is -2.15. The van der Waals surface area contributed by atoms with Crippen molar-refractivity contribution in [1.82, 2.24) is 10.3 Å². The number of hydrogen-bond acceptors (Lipinski definition) is 3. The molecule has 2 aromatic carbocycles. The average Bonchev–Trinajstić information content (AvgIpc) is 2.73. The van der Waals surface area contributed by atoms with E-state index in [1.54, 1.807) is 31.2 Å². The molecule has 1 unspecified atom stereocenters. The number of nitrogens with zero attached hydrogens (tertiary/aromatic N) is 2. The Morgan fingerprint density at radius 3 is 2.50 bits per heavy atom. The fourth-order valence-corrected chi connectivity index (χ4v) is 3.25. The van der Waals surface area contributed by atoms with E-state index in [4.69, 9.17) is 4.98 Å². The van der Waals surface area contributed by atoms with Gasteiger partial charge < -0.3 is 10.5 Å². The standard InChI is InChI=1S/C23H19N3O2/c1-16(22-13-7-8-14-26(22)28)24-23(27)19-15-21(17-9-3-2-4-10-17)25-20-12-6-5-11-18(19)20/h2-16H,1H3,(H,24,27). The van der Waals surface area contributed by atoms with Crippen LogP contribution in [-0.4, -0.2) is 10.9 Å². The highest BCUT2D eigenvalue weighted by atomic mass is 16.5. The number of rotatable bonds is 4. The Kier molecular flexibility index (Phi) is 4.72. The van der Waals surface area contributed by atoms with Gasteiger partial charge in [-0.15, -0.1) is 0 Å². The molecule has 1 atom stereocenters. The molecule has 0 fully saturated rings. The van der Waals surface area contributed by atoms with E-state index >= 15 is 0 Å². The summed E-state index contributed by atoms with van der Waals surface area (Å²) in [5.41, 5.74) is 3.44. The van der Waals surface area contributed by atoms with Crippen LogP contribution in [0.1, 0.15) is 29.0 Å². The summed E-state index contributed by atoms with van der Waals surface area (Å²) in [4.78, 5) is 17.8. The van der Waals surface area contributed by atoms with Crippen LogP contribution in [0.25, 0.3) is 22.2 Å². The molecule has 138 valence electrons. The molecule has 4 rings (SSSR count). The number of aromatic nitrogens is 2. The van der Waals surface area contributed by atoms with Gasteiger partial charge in [-0.25, -0.2) is 4.98 Å². The fourth-order valence-electron chi connectivity index (χ4n) is 3.25. The van der Waals surface area contributed by atoms with Crippen molar-refractivity contribution in [2.45, 2.75) is 13.0 Å². The first kappa shape index (κ1) is 17.7. The number of amides is 1. The van der Waals surface area contributed by atoms with Crippen LogP contribution < -0.4 is 10.0 Å². The van der Waals surface area contributed by atoms with E-state index in [-0.39, 0.29) is 5.91 Å². The lowest BCUT2D eigenvalue weighted by atomic mass is 10.0. The normalized spacial score (nSPS) is 11.9. The smallest absolute Gasteiger partial charge is 0.252 e. The van der Waals surface area contributed by atoms with Gasteiger partial charge in [0.2, 0.25) is 5.69 Å². The average molecular weight is 369 g/mol. The summed E-state index contributed by atoms with van der Waals surface area (Å²) in [5, 5.41) is 15.7. The Morgan fingerprint density at radius 1 is 1.00 bits per heavy atom. The number of fused-ring (bicyclic) bond motifs is 1. The van der Waals surface area contributed by atoms with Crippen LogP contribution in [-0.2, 0) is 0 Å². The number of carbonyl (C=O) groups is 1. The second kappa shape index (κ2) is 7.48. The van der Waals surface area contributed by atoms with Gasteiger partial charge in [0.25, 0.3) is 5.91 Å². The van der Waals surface area contributed by atoms with Crippen LogP contribution in [0.3, 0.4) is 0 Å². The predicted octanol–water partition coefficient (Wildman–Crippen LogP) is 4.03. The van der Waals surface area contributed by atoms with Gasteiger partial charge in [-0.3, -0.25) is 4.79 Å². The van der Waals surface area contributed by atoms with E-state index in [9.17, 15) is 10.0 Å². The number of para-hydroxylation sites is 1. The summed E-state index contributed by atoms with van der Waals surface area (Å²) in [6.45, 7) is 1.79. The fraction of sp³-hybridized carbons (Fsp3) is 0.0870. The molecular formula is C23H19N3O2. The molecule has 5 nitrogen and oxygen atoms in total. The molecule has 0 bridgehead atoms. The Balaban J connectivity index is 1.75. The first-order chi connectivity index (χ1) is 13.6. The Labute approximate surface area is 162 Å². The molecule has 2 aromatic heterocycles. The molecule has 0 saturated heterocycles. The zero-order chi connectivity index (χ0) is 19.5. The zero-order valence-electron chi connectivity index (χ0n) is 15.4. The second-order valence-electron chi connectivity index (χ2n) is 6.58. The van der Waals surface area contributed by atoms with Crippen molar-refractivity contribution >= 4 is 16.8 Å². The highest BCUT2D eigenvalue weighted by molar-refractivity contribution is 6.07. The number of benzene rings is 2. The summed E-state index contributed by atoms with van der Waals surface area (Å²) >= 11 is 0. The molecule has 4 aromatic rings. The maximum Gasteiger partial charge on any atom is 0.252 e. The molecule has 0 spiro atoms. The summed E-state index contributed by atoms with van der Waals surface area (Å²) in [5.74, 6) is -0.243. The van der Waals surface area contributed by atoms with Crippen LogP contribution >= 0.6 is 0 Å². The number of hydrogen-bond donors (Lipinski definition) is 1. The quantitative estimate of drug-likeness (QED) is 0.436. The minimum absolute atomic E-state index is 0.243. The monoisotopic (exact) mass is 369 g/mol. The summed E-state index contributed by atoms with van der Waals surface area (Å²) < 4.78 is 0.769. The number of pyridine rings is 2. The van der Waals surface area contributed by atoms with E-state index < -0.39 is 6.04 Å². The van der Waals surface area contributed by atoms with Crippen molar-refractivity contribution < 1.29 is 9.52 Å². The largest absolute Gasteiger partial charge is 0.618 e. The zero-order valence-corrected chi connectivity index (χ0v) is 15.4. The molecule has 5 heteroatoms. The van der Waals surface area contributed by atoms with E-state index in [0.29, 0.717) is 11.3 Å². The maximum absolute atomic E-state index is 13.1. The van der Waals surface area contributed by atoms with Gasteiger partial charge in [0.15, 0.2) is 6.20 Å². The molecular weight excluding hydrogens is 350 g/mol. The molecule has 1 N–H and O–H groups in total. The van der Waals surface area contributed by atoms with Crippen molar-refractivity contribution in [3.05, 3.63) is 102 Å². The van der Waals surface area contributed by atoms with Gasteiger partial charge in [0.05, 0.1) is 16.8 Å². The highest BCUT2D eigenvalue weighted by Gasteiger charge is 2.20. The van der Waals surface area contributed by atoms with Crippen LogP contribution in [0.5, 0.6) is 0 Å². The number of carbonyl (C=O) groups excluding carboxylic acids is 1. The SMILES string of the molecule is CC(NC(=O)c1cc(-c2ccccc2)nc2ccccc12)c1cccc[n+]1[O-]. The number of nitrogens with one attached hydrogen (secondary N) is 1. The lowest BCUT2D eigenvalue weighted by molar-refractivity contribution is -0.615. The van der Waals surface area contributed by atoms with Gasteiger partial charge in [0.1, 0.15) is 6.04 Å². The van der Waals surface area contributed by atoms with Crippen LogP contribution in [0.4, 0.5) is 0 Å². The third-order valence-electron chi connectivity index (χ3n) is 4.68. The second-order valence-corrected chi connectivity index (χ2v) is 6.58.